The Bertz CT molecular complexity index is 590. The standard InChI is InChI=1S/C17H26N4O2.HI/c1-17(2,15(22)18-3)11-20-16(19-4)21-13-9-10-23-14-8-6-5-7-12(13)14;/h5-8,13H,9-11H2,1-4H3,(H,18,22)(H2,19,20,21);1H. The predicted octanol–water partition coefficient (Wildman–Crippen LogP) is 2.07. The lowest BCUT2D eigenvalue weighted by Gasteiger charge is -2.29. The third-order valence-electron chi connectivity index (χ3n) is 4.03. The molecule has 6 nitrogen and oxygen atoms in total. The largest absolute Gasteiger partial charge is 0.493 e. The summed E-state index contributed by atoms with van der Waals surface area (Å²) in [5.74, 6) is 1.60. The maximum atomic E-state index is 11.9. The van der Waals surface area contributed by atoms with E-state index in [1.165, 1.54) is 0 Å². The number of hydrogen-bond acceptors (Lipinski definition) is 3. The van der Waals surface area contributed by atoms with Crippen LogP contribution in [-0.2, 0) is 4.79 Å². The van der Waals surface area contributed by atoms with E-state index in [1.807, 2.05) is 32.0 Å². The second-order valence-electron chi connectivity index (χ2n) is 6.26. The molecule has 1 aromatic rings. The molecule has 0 spiro atoms. The van der Waals surface area contributed by atoms with Gasteiger partial charge < -0.3 is 20.7 Å². The summed E-state index contributed by atoms with van der Waals surface area (Å²) in [6.45, 7) is 4.97. The van der Waals surface area contributed by atoms with Gasteiger partial charge in [0.1, 0.15) is 5.75 Å². The summed E-state index contributed by atoms with van der Waals surface area (Å²) in [5, 5.41) is 9.34. The molecule has 24 heavy (non-hydrogen) atoms. The second-order valence-corrected chi connectivity index (χ2v) is 6.26. The number of benzene rings is 1. The zero-order valence-electron chi connectivity index (χ0n) is 14.7. The summed E-state index contributed by atoms with van der Waals surface area (Å²) >= 11 is 0. The fourth-order valence-electron chi connectivity index (χ4n) is 2.58. The van der Waals surface area contributed by atoms with E-state index in [4.69, 9.17) is 4.74 Å². The van der Waals surface area contributed by atoms with E-state index >= 15 is 0 Å². The van der Waals surface area contributed by atoms with Gasteiger partial charge in [0.2, 0.25) is 5.91 Å². The van der Waals surface area contributed by atoms with Crippen molar-refractivity contribution in [3.63, 3.8) is 0 Å². The molecular weight excluding hydrogens is 419 g/mol. The normalized spacial score (nSPS) is 17.0. The molecule has 1 aliphatic rings. The molecule has 0 aliphatic carbocycles. The van der Waals surface area contributed by atoms with Gasteiger partial charge in [-0.25, -0.2) is 0 Å². The minimum absolute atomic E-state index is 0. The smallest absolute Gasteiger partial charge is 0.227 e. The van der Waals surface area contributed by atoms with E-state index in [2.05, 4.69) is 27.0 Å². The molecule has 1 amide bonds. The molecule has 0 saturated heterocycles. The van der Waals surface area contributed by atoms with Gasteiger partial charge in [-0.2, -0.15) is 0 Å². The summed E-state index contributed by atoms with van der Waals surface area (Å²) in [4.78, 5) is 16.1. The van der Waals surface area contributed by atoms with Gasteiger partial charge >= 0.3 is 0 Å². The highest BCUT2D eigenvalue weighted by Crippen LogP contribution is 2.31. The molecule has 2 rings (SSSR count). The van der Waals surface area contributed by atoms with Crippen molar-refractivity contribution in [1.29, 1.82) is 0 Å². The van der Waals surface area contributed by atoms with Crippen LogP contribution in [0.2, 0.25) is 0 Å². The van der Waals surface area contributed by atoms with Crippen LogP contribution < -0.4 is 20.7 Å². The summed E-state index contributed by atoms with van der Waals surface area (Å²) in [5.41, 5.74) is 0.618. The maximum absolute atomic E-state index is 11.9. The van der Waals surface area contributed by atoms with Gasteiger partial charge in [0.15, 0.2) is 5.96 Å². The number of carbonyl (C=O) groups excluding carboxylic acids is 1. The van der Waals surface area contributed by atoms with E-state index in [0.29, 0.717) is 19.1 Å². The second kappa shape index (κ2) is 9.10. The van der Waals surface area contributed by atoms with Crippen LogP contribution in [0, 0.1) is 5.41 Å². The van der Waals surface area contributed by atoms with Crippen LogP contribution in [0.5, 0.6) is 5.75 Å². The Hall–Kier alpha value is -1.51. The van der Waals surface area contributed by atoms with Crippen LogP contribution in [-0.4, -0.2) is 39.1 Å². The van der Waals surface area contributed by atoms with E-state index in [0.717, 1.165) is 17.7 Å². The van der Waals surface area contributed by atoms with Gasteiger partial charge in [-0.15, -0.1) is 24.0 Å². The number of hydrogen-bond donors (Lipinski definition) is 3. The Morgan fingerprint density at radius 2 is 2.08 bits per heavy atom. The molecule has 1 aromatic carbocycles. The topological polar surface area (TPSA) is 74.8 Å². The molecule has 0 aromatic heterocycles. The van der Waals surface area contributed by atoms with Crippen molar-refractivity contribution in [3.8, 4) is 5.75 Å². The monoisotopic (exact) mass is 446 g/mol. The Kier molecular flexibility index (Phi) is 7.78. The van der Waals surface area contributed by atoms with Crippen LogP contribution in [0.3, 0.4) is 0 Å². The minimum Gasteiger partial charge on any atom is -0.493 e. The predicted molar refractivity (Wildman–Crippen MR) is 107 cm³/mol. The number of carbonyl (C=O) groups is 1. The Morgan fingerprint density at radius 3 is 2.75 bits per heavy atom. The van der Waals surface area contributed by atoms with Crippen molar-refractivity contribution in [2.45, 2.75) is 26.3 Å². The van der Waals surface area contributed by atoms with Crippen molar-refractivity contribution in [1.82, 2.24) is 16.0 Å². The number of fused-ring (bicyclic) bond motifs is 1. The van der Waals surface area contributed by atoms with Gasteiger partial charge in [-0.1, -0.05) is 18.2 Å². The fraction of sp³-hybridized carbons (Fsp3) is 0.529. The van der Waals surface area contributed by atoms with Crippen LogP contribution in [0.4, 0.5) is 0 Å². The molecule has 1 aliphatic heterocycles. The Morgan fingerprint density at radius 1 is 1.38 bits per heavy atom. The molecule has 0 radical (unpaired) electrons. The number of guanidine groups is 1. The van der Waals surface area contributed by atoms with E-state index in [-0.39, 0.29) is 35.9 Å². The molecule has 7 heteroatoms. The van der Waals surface area contributed by atoms with Crippen LogP contribution >= 0.6 is 24.0 Å². The number of nitrogens with one attached hydrogen (secondary N) is 3. The quantitative estimate of drug-likeness (QED) is 0.376. The van der Waals surface area contributed by atoms with Crippen molar-refractivity contribution in [2.75, 3.05) is 27.2 Å². The van der Waals surface area contributed by atoms with Gasteiger partial charge in [0, 0.05) is 32.6 Å². The van der Waals surface area contributed by atoms with E-state index < -0.39 is 5.41 Å². The van der Waals surface area contributed by atoms with E-state index in [9.17, 15) is 4.79 Å². The summed E-state index contributed by atoms with van der Waals surface area (Å²) in [6, 6.07) is 8.17. The van der Waals surface area contributed by atoms with Gasteiger partial charge in [-0.3, -0.25) is 9.79 Å². The van der Waals surface area contributed by atoms with Crippen molar-refractivity contribution < 1.29 is 9.53 Å². The van der Waals surface area contributed by atoms with Crippen molar-refractivity contribution >= 4 is 35.8 Å². The summed E-state index contributed by atoms with van der Waals surface area (Å²) in [6.07, 6.45) is 0.872. The number of nitrogens with zero attached hydrogens (tertiary/aromatic N) is 1. The molecule has 0 fully saturated rings. The van der Waals surface area contributed by atoms with Crippen molar-refractivity contribution in [2.24, 2.45) is 10.4 Å². The first-order valence-corrected chi connectivity index (χ1v) is 7.89. The van der Waals surface area contributed by atoms with E-state index in [1.54, 1.807) is 14.1 Å². The lowest BCUT2D eigenvalue weighted by atomic mass is 9.92. The molecule has 3 N–H and O–H groups in total. The number of rotatable bonds is 4. The van der Waals surface area contributed by atoms with Gasteiger partial charge in [0.25, 0.3) is 0 Å². The molecular formula is C17H27IN4O2. The summed E-state index contributed by atoms with van der Waals surface area (Å²) in [7, 11) is 3.38. The highest BCUT2D eigenvalue weighted by atomic mass is 127. The van der Waals surface area contributed by atoms with Gasteiger partial charge in [-0.05, 0) is 19.9 Å². The van der Waals surface area contributed by atoms with Crippen molar-refractivity contribution in [3.05, 3.63) is 29.8 Å². The highest BCUT2D eigenvalue weighted by Gasteiger charge is 2.27. The van der Waals surface area contributed by atoms with Crippen LogP contribution in [0.25, 0.3) is 0 Å². The maximum Gasteiger partial charge on any atom is 0.227 e. The Balaban J connectivity index is 0.00000288. The zero-order valence-corrected chi connectivity index (χ0v) is 17.0. The molecule has 1 atom stereocenters. The average molecular weight is 446 g/mol. The zero-order chi connectivity index (χ0) is 16.9. The molecule has 1 heterocycles. The number of amides is 1. The minimum atomic E-state index is -0.514. The fourth-order valence-corrected chi connectivity index (χ4v) is 2.58. The molecule has 1 unspecified atom stereocenters. The number of ether oxygens (including phenoxy) is 1. The molecule has 0 saturated carbocycles. The number of aliphatic imine (C=N–C) groups is 1. The van der Waals surface area contributed by atoms with Crippen LogP contribution in [0.15, 0.2) is 29.3 Å². The third kappa shape index (κ3) is 4.99. The molecule has 0 bridgehead atoms. The first kappa shape index (κ1) is 20.5. The summed E-state index contributed by atoms with van der Waals surface area (Å²) < 4.78 is 5.68. The lowest BCUT2D eigenvalue weighted by Crippen LogP contribution is -2.48. The molecule has 134 valence electrons. The Labute approximate surface area is 160 Å². The average Bonchev–Trinajstić information content (AvgIpc) is 2.57. The first-order chi connectivity index (χ1) is 11.0. The first-order valence-electron chi connectivity index (χ1n) is 7.89. The van der Waals surface area contributed by atoms with Gasteiger partial charge in [0.05, 0.1) is 18.1 Å². The SMILES string of the molecule is CN=C(NCC(C)(C)C(=O)NC)NC1CCOc2ccccc21.I. The third-order valence-corrected chi connectivity index (χ3v) is 4.03. The number of para-hydroxylation sites is 1. The number of halogens is 1. The lowest BCUT2D eigenvalue weighted by molar-refractivity contribution is -0.128. The van der Waals surface area contributed by atoms with Crippen LogP contribution in [0.1, 0.15) is 31.9 Å². The highest BCUT2D eigenvalue weighted by molar-refractivity contribution is 14.0.